The normalized spacial score (nSPS) is 12.2. The molecule has 7 nitrogen and oxygen atoms in total. The molecular weight excluding hydrogens is 401 g/mol. The maximum Gasteiger partial charge on any atom is 0.272 e. The molecule has 4 aromatic rings. The highest BCUT2D eigenvalue weighted by Gasteiger charge is 2.02. The number of aromatic amines is 2. The predicted octanol–water partition coefficient (Wildman–Crippen LogP) is 1.75. The summed E-state index contributed by atoms with van der Waals surface area (Å²) < 4.78 is 18.7. The zero-order chi connectivity index (χ0) is 21.8. The number of nitrogens with zero attached hydrogens (tertiary/aromatic N) is 1. The van der Waals surface area contributed by atoms with Crippen molar-refractivity contribution in [3.8, 4) is 17.2 Å². The lowest BCUT2D eigenvalue weighted by Gasteiger charge is -2.06. The fourth-order valence-corrected chi connectivity index (χ4v) is 2.83. The van der Waals surface area contributed by atoms with Crippen molar-refractivity contribution in [2.24, 2.45) is 0 Å². The van der Waals surface area contributed by atoms with Gasteiger partial charge in [-0.25, -0.2) is 4.39 Å². The Kier molecular flexibility index (Phi) is 5.44. The number of benzene rings is 2. The van der Waals surface area contributed by atoms with Gasteiger partial charge in [-0.2, -0.15) is 0 Å². The van der Waals surface area contributed by atoms with E-state index in [1.807, 2.05) is 0 Å². The second kappa shape index (κ2) is 8.50. The fraction of sp³-hybridized carbons (Fsp3) is 0. The second-order valence-electron chi connectivity index (χ2n) is 6.56. The molecule has 0 aliphatic rings. The number of pyridine rings is 1. The molecule has 0 atom stereocenters. The van der Waals surface area contributed by atoms with E-state index in [0.717, 1.165) is 0 Å². The molecule has 0 radical (unpaired) electrons. The van der Waals surface area contributed by atoms with Crippen molar-refractivity contribution in [2.45, 2.75) is 0 Å². The summed E-state index contributed by atoms with van der Waals surface area (Å²) in [6.45, 7) is 0. The standard InChI is InChI=1S/C23H16FN3O4/c24-15-6-8-16(9-7-15)31-17-4-1-3-14(11-17)12-19-22(29)27-20(23(30)26-19)13-18-21(28)5-2-10-25-18/h1-13,28H,(H,26,30)(H,27,29)/b19-12-,20-13-. The Labute approximate surface area is 174 Å². The fourth-order valence-electron chi connectivity index (χ4n) is 2.83. The molecule has 0 aliphatic carbocycles. The van der Waals surface area contributed by atoms with Crippen LogP contribution in [0.2, 0.25) is 0 Å². The molecule has 0 aliphatic heterocycles. The van der Waals surface area contributed by atoms with Crippen LogP contribution in [-0.2, 0) is 0 Å². The van der Waals surface area contributed by atoms with Crippen LogP contribution in [0, 0.1) is 5.82 Å². The maximum atomic E-state index is 13.0. The molecule has 0 unspecified atom stereocenters. The number of hydrogen-bond donors (Lipinski definition) is 3. The van der Waals surface area contributed by atoms with E-state index < -0.39 is 11.1 Å². The van der Waals surface area contributed by atoms with Gasteiger partial charge in [0.2, 0.25) is 0 Å². The summed E-state index contributed by atoms with van der Waals surface area (Å²) in [4.78, 5) is 33.8. The van der Waals surface area contributed by atoms with Crippen LogP contribution < -0.4 is 26.6 Å². The summed E-state index contributed by atoms with van der Waals surface area (Å²) in [5, 5.41) is 9.80. The van der Waals surface area contributed by atoms with E-state index in [2.05, 4.69) is 15.0 Å². The Bertz CT molecular complexity index is 1470. The minimum atomic E-state index is -0.547. The van der Waals surface area contributed by atoms with Gasteiger partial charge in [-0.15, -0.1) is 0 Å². The monoisotopic (exact) mass is 417 g/mol. The van der Waals surface area contributed by atoms with Crippen molar-refractivity contribution in [3.05, 3.63) is 115 Å². The van der Waals surface area contributed by atoms with Crippen molar-refractivity contribution in [1.29, 1.82) is 0 Å². The van der Waals surface area contributed by atoms with Crippen LogP contribution in [0.3, 0.4) is 0 Å². The van der Waals surface area contributed by atoms with E-state index in [-0.39, 0.29) is 28.0 Å². The summed E-state index contributed by atoms with van der Waals surface area (Å²) in [6, 6.07) is 15.4. The summed E-state index contributed by atoms with van der Waals surface area (Å²) >= 11 is 0. The molecule has 0 spiro atoms. The molecule has 0 bridgehead atoms. The van der Waals surface area contributed by atoms with Crippen LogP contribution in [0.1, 0.15) is 11.3 Å². The summed E-state index contributed by atoms with van der Waals surface area (Å²) in [5.41, 5.74) is -0.299. The SMILES string of the molecule is O=c1[nH]/c(=C\c2ncccc2O)c(=O)[nH]/c1=C\c1cccc(Oc2ccc(F)cc2)c1. The number of aromatic hydroxyl groups is 1. The second-order valence-corrected chi connectivity index (χ2v) is 6.56. The Balaban J connectivity index is 1.69. The molecule has 154 valence electrons. The Morgan fingerprint density at radius 3 is 2.29 bits per heavy atom. The van der Waals surface area contributed by atoms with E-state index in [1.165, 1.54) is 48.7 Å². The van der Waals surface area contributed by atoms with E-state index >= 15 is 0 Å². The molecule has 2 aromatic carbocycles. The molecule has 4 rings (SSSR count). The minimum Gasteiger partial charge on any atom is -0.506 e. The van der Waals surface area contributed by atoms with Gasteiger partial charge in [-0.05, 0) is 66.2 Å². The zero-order valence-electron chi connectivity index (χ0n) is 16.0. The first-order valence-electron chi connectivity index (χ1n) is 9.21. The molecule has 0 amide bonds. The number of nitrogens with one attached hydrogen (secondary N) is 2. The molecule has 0 fully saturated rings. The van der Waals surface area contributed by atoms with Crippen molar-refractivity contribution in [1.82, 2.24) is 15.0 Å². The topological polar surface area (TPSA) is 108 Å². The average molecular weight is 417 g/mol. The molecule has 2 heterocycles. The summed E-state index contributed by atoms with van der Waals surface area (Å²) in [5.74, 6) is 0.463. The first-order chi connectivity index (χ1) is 15.0. The highest BCUT2D eigenvalue weighted by Crippen LogP contribution is 2.22. The molecule has 0 saturated carbocycles. The molecule has 0 saturated heterocycles. The van der Waals surface area contributed by atoms with Crippen molar-refractivity contribution in [3.63, 3.8) is 0 Å². The predicted molar refractivity (Wildman–Crippen MR) is 113 cm³/mol. The van der Waals surface area contributed by atoms with Crippen LogP contribution in [0.4, 0.5) is 4.39 Å². The first-order valence-corrected chi connectivity index (χ1v) is 9.21. The van der Waals surface area contributed by atoms with Crippen LogP contribution in [-0.4, -0.2) is 20.1 Å². The third-order valence-corrected chi connectivity index (χ3v) is 4.30. The number of H-pyrrole nitrogens is 2. The highest BCUT2D eigenvalue weighted by molar-refractivity contribution is 5.52. The molecular formula is C23H16FN3O4. The lowest BCUT2D eigenvalue weighted by atomic mass is 10.2. The molecule has 8 heteroatoms. The number of rotatable bonds is 4. The maximum absolute atomic E-state index is 13.0. The van der Waals surface area contributed by atoms with Crippen molar-refractivity contribution < 1.29 is 14.2 Å². The third-order valence-electron chi connectivity index (χ3n) is 4.30. The Morgan fingerprint density at radius 2 is 1.58 bits per heavy atom. The Hall–Kier alpha value is -4.46. The lowest BCUT2D eigenvalue weighted by Crippen LogP contribution is -2.46. The van der Waals surface area contributed by atoms with E-state index in [0.29, 0.717) is 17.1 Å². The van der Waals surface area contributed by atoms with Gasteiger partial charge < -0.3 is 19.8 Å². The van der Waals surface area contributed by atoms with Crippen LogP contribution in [0.25, 0.3) is 12.2 Å². The molecule has 2 aromatic heterocycles. The Morgan fingerprint density at radius 1 is 0.871 bits per heavy atom. The van der Waals surface area contributed by atoms with Crippen molar-refractivity contribution >= 4 is 12.2 Å². The third kappa shape index (κ3) is 4.76. The van der Waals surface area contributed by atoms with E-state index in [4.69, 9.17) is 4.74 Å². The zero-order valence-corrected chi connectivity index (χ0v) is 16.0. The van der Waals surface area contributed by atoms with Gasteiger partial charge in [0.05, 0.1) is 0 Å². The number of aromatic nitrogens is 3. The van der Waals surface area contributed by atoms with Gasteiger partial charge in [-0.1, -0.05) is 12.1 Å². The first kappa shape index (κ1) is 19.8. The van der Waals surface area contributed by atoms with E-state index in [9.17, 15) is 19.1 Å². The number of hydrogen-bond acceptors (Lipinski definition) is 5. The van der Waals surface area contributed by atoms with Crippen molar-refractivity contribution in [2.75, 3.05) is 0 Å². The summed E-state index contributed by atoms with van der Waals surface area (Å²) in [6.07, 6.45) is 4.25. The highest BCUT2D eigenvalue weighted by atomic mass is 19.1. The van der Waals surface area contributed by atoms with Gasteiger partial charge in [0.1, 0.15) is 39.5 Å². The van der Waals surface area contributed by atoms with Gasteiger partial charge in [0, 0.05) is 6.20 Å². The number of ether oxygens (including phenoxy) is 1. The average Bonchev–Trinajstić information content (AvgIpc) is 2.75. The lowest BCUT2D eigenvalue weighted by molar-refractivity contribution is 0.471. The van der Waals surface area contributed by atoms with Gasteiger partial charge in [0.15, 0.2) is 0 Å². The molecule has 31 heavy (non-hydrogen) atoms. The quantitative estimate of drug-likeness (QED) is 0.469. The van der Waals surface area contributed by atoms with E-state index in [1.54, 1.807) is 30.3 Å². The van der Waals surface area contributed by atoms with Gasteiger partial charge in [-0.3, -0.25) is 14.6 Å². The van der Waals surface area contributed by atoms with Crippen LogP contribution >= 0.6 is 0 Å². The number of halogens is 1. The van der Waals surface area contributed by atoms with Crippen LogP contribution in [0.15, 0.2) is 76.4 Å². The largest absolute Gasteiger partial charge is 0.506 e. The molecule has 3 N–H and O–H groups in total. The summed E-state index contributed by atoms with van der Waals surface area (Å²) in [7, 11) is 0. The van der Waals surface area contributed by atoms with Crippen LogP contribution in [0.5, 0.6) is 17.2 Å². The minimum absolute atomic E-state index is 0.0375. The van der Waals surface area contributed by atoms with Gasteiger partial charge >= 0.3 is 0 Å². The van der Waals surface area contributed by atoms with Gasteiger partial charge in [0.25, 0.3) is 11.1 Å². The smallest absolute Gasteiger partial charge is 0.272 e.